The molecule has 2 aromatic rings. The molecule has 1 aromatic carbocycles. The van der Waals surface area contributed by atoms with Crippen molar-refractivity contribution in [2.75, 3.05) is 6.61 Å². The largest absolute Gasteiger partial charge is 0.454 e. The van der Waals surface area contributed by atoms with Gasteiger partial charge in [-0.15, -0.1) is 0 Å². The van der Waals surface area contributed by atoms with Gasteiger partial charge in [0.15, 0.2) is 0 Å². The predicted octanol–water partition coefficient (Wildman–Crippen LogP) is 1.59. The number of rotatable bonds is 4. The first-order chi connectivity index (χ1) is 11.6. The minimum atomic E-state index is -0.489. The second kappa shape index (κ2) is 7.41. The maximum Gasteiger partial charge on any atom is 0.357 e. The molecule has 0 amide bonds. The summed E-state index contributed by atoms with van der Waals surface area (Å²) in [4.78, 5) is 25.1. The third-order valence-electron chi connectivity index (χ3n) is 3.58. The topological polar surface area (TPSA) is 82.5 Å². The second-order valence-electron chi connectivity index (χ2n) is 5.28. The van der Waals surface area contributed by atoms with Crippen LogP contribution in [0.4, 0.5) is 0 Å². The zero-order valence-electron chi connectivity index (χ0n) is 12.7. The standard InChI is InChI=1S/C16H16N2O5S/c19-13-8-9-18(15(20)17-13)14-7-6-12(22-14)10-21-16(24)23-11-4-2-1-3-5-11/h1-5,8-9,12,14H,6-7,10H2,(H,17,19,20). The molecule has 1 fully saturated rings. The number of para-hydroxylation sites is 1. The second-order valence-corrected chi connectivity index (χ2v) is 5.62. The SMILES string of the molecule is O=c1ccn(C2CCC(COC(=S)Oc3ccccc3)O2)c(=O)[nH]1. The Hall–Kier alpha value is -2.45. The average molecular weight is 348 g/mol. The van der Waals surface area contributed by atoms with Gasteiger partial charge in [-0.25, -0.2) is 4.79 Å². The molecule has 126 valence electrons. The fourth-order valence-electron chi connectivity index (χ4n) is 2.44. The van der Waals surface area contributed by atoms with Crippen LogP contribution in [-0.4, -0.2) is 27.5 Å². The number of nitrogens with one attached hydrogen (secondary N) is 1. The van der Waals surface area contributed by atoms with E-state index in [0.29, 0.717) is 18.6 Å². The van der Waals surface area contributed by atoms with E-state index in [4.69, 9.17) is 26.4 Å². The molecule has 3 rings (SSSR count). The molecule has 24 heavy (non-hydrogen) atoms. The Kier molecular flexibility index (Phi) is 5.07. The lowest BCUT2D eigenvalue weighted by Crippen LogP contribution is -2.32. The van der Waals surface area contributed by atoms with Crippen LogP contribution >= 0.6 is 12.2 Å². The number of ether oxygens (including phenoxy) is 3. The van der Waals surface area contributed by atoms with Gasteiger partial charge in [0.2, 0.25) is 0 Å². The highest BCUT2D eigenvalue weighted by atomic mass is 32.1. The van der Waals surface area contributed by atoms with Crippen LogP contribution in [-0.2, 0) is 9.47 Å². The molecular weight excluding hydrogens is 332 g/mol. The number of hydrogen-bond acceptors (Lipinski definition) is 6. The van der Waals surface area contributed by atoms with Crippen LogP contribution in [0, 0.1) is 0 Å². The summed E-state index contributed by atoms with van der Waals surface area (Å²) in [6.45, 7) is 0.236. The van der Waals surface area contributed by atoms with Gasteiger partial charge >= 0.3 is 10.9 Å². The zero-order chi connectivity index (χ0) is 16.9. The predicted molar refractivity (Wildman–Crippen MR) is 90.1 cm³/mol. The summed E-state index contributed by atoms with van der Waals surface area (Å²) in [5.41, 5.74) is -0.922. The van der Waals surface area contributed by atoms with Gasteiger partial charge in [-0.05, 0) is 25.0 Å². The molecule has 0 spiro atoms. The maximum absolute atomic E-state index is 11.8. The normalized spacial score (nSPS) is 19.8. The number of aromatic amines is 1. The number of benzene rings is 1. The fraction of sp³-hybridized carbons (Fsp3) is 0.312. The molecule has 7 nitrogen and oxygen atoms in total. The van der Waals surface area contributed by atoms with E-state index in [0.717, 1.165) is 0 Å². The van der Waals surface area contributed by atoms with Crippen molar-refractivity contribution in [3.05, 3.63) is 63.4 Å². The van der Waals surface area contributed by atoms with E-state index in [2.05, 4.69) is 4.98 Å². The summed E-state index contributed by atoms with van der Waals surface area (Å²) in [7, 11) is 0. The van der Waals surface area contributed by atoms with Crippen LogP contribution in [0.2, 0.25) is 0 Å². The summed E-state index contributed by atoms with van der Waals surface area (Å²) in [6, 6.07) is 10.4. The molecular formula is C16H16N2O5S. The van der Waals surface area contributed by atoms with E-state index in [9.17, 15) is 9.59 Å². The summed E-state index contributed by atoms with van der Waals surface area (Å²) in [5.74, 6) is 0.604. The first-order valence-corrected chi connectivity index (χ1v) is 7.89. The molecule has 1 aromatic heterocycles. The van der Waals surface area contributed by atoms with E-state index in [1.54, 1.807) is 12.1 Å². The molecule has 1 aliphatic heterocycles. The molecule has 0 aliphatic carbocycles. The van der Waals surface area contributed by atoms with E-state index < -0.39 is 17.5 Å². The van der Waals surface area contributed by atoms with Crippen molar-refractivity contribution < 1.29 is 14.2 Å². The van der Waals surface area contributed by atoms with Crippen molar-refractivity contribution >= 4 is 17.5 Å². The third-order valence-corrected chi connectivity index (χ3v) is 3.78. The number of nitrogens with zero attached hydrogens (tertiary/aromatic N) is 1. The molecule has 0 saturated carbocycles. The minimum absolute atomic E-state index is 0.0226. The monoisotopic (exact) mass is 348 g/mol. The molecule has 0 radical (unpaired) electrons. The van der Waals surface area contributed by atoms with Crippen molar-refractivity contribution in [3.8, 4) is 5.75 Å². The van der Waals surface area contributed by atoms with Gasteiger partial charge in [-0.1, -0.05) is 18.2 Å². The lowest BCUT2D eigenvalue weighted by molar-refractivity contribution is -0.0243. The number of aromatic nitrogens is 2. The van der Waals surface area contributed by atoms with Gasteiger partial charge in [0.05, 0.1) is 6.10 Å². The highest BCUT2D eigenvalue weighted by Crippen LogP contribution is 2.27. The molecule has 0 bridgehead atoms. The van der Waals surface area contributed by atoms with E-state index >= 15 is 0 Å². The van der Waals surface area contributed by atoms with Gasteiger partial charge in [-0.3, -0.25) is 14.3 Å². The van der Waals surface area contributed by atoms with Gasteiger partial charge in [0, 0.05) is 24.5 Å². The molecule has 2 unspecified atom stereocenters. The summed E-state index contributed by atoms with van der Waals surface area (Å²) in [5, 5.41) is 0.0226. The Balaban J connectivity index is 1.50. The van der Waals surface area contributed by atoms with Crippen molar-refractivity contribution in [2.45, 2.75) is 25.2 Å². The van der Waals surface area contributed by atoms with Crippen LogP contribution in [0.15, 0.2) is 52.2 Å². The summed E-state index contributed by atoms with van der Waals surface area (Å²) >= 11 is 5.03. The van der Waals surface area contributed by atoms with Gasteiger partial charge in [0.25, 0.3) is 5.56 Å². The first kappa shape index (κ1) is 16.4. The van der Waals surface area contributed by atoms with Crippen molar-refractivity contribution in [2.24, 2.45) is 0 Å². The zero-order valence-corrected chi connectivity index (χ0v) is 13.5. The smallest absolute Gasteiger partial charge is 0.357 e. The lowest BCUT2D eigenvalue weighted by atomic mass is 10.2. The highest BCUT2D eigenvalue weighted by molar-refractivity contribution is 7.79. The van der Waals surface area contributed by atoms with Gasteiger partial charge in [-0.2, -0.15) is 0 Å². The molecule has 2 heterocycles. The van der Waals surface area contributed by atoms with Crippen LogP contribution in [0.1, 0.15) is 19.1 Å². The summed E-state index contributed by atoms with van der Waals surface area (Å²) < 4.78 is 17.9. The van der Waals surface area contributed by atoms with Crippen molar-refractivity contribution in [3.63, 3.8) is 0 Å². The fourth-order valence-corrected chi connectivity index (χ4v) is 2.61. The number of thiocarbonyl (C=S) groups is 1. The quantitative estimate of drug-likeness (QED) is 0.845. The van der Waals surface area contributed by atoms with Crippen LogP contribution < -0.4 is 16.0 Å². The third kappa shape index (κ3) is 4.09. The van der Waals surface area contributed by atoms with Crippen LogP contribution in [0.3, 0.4) is 0 Å². The Bertz CT molecular complexity index is 817. The van der Waals surface area contributed by atoms with E-state index in [1.165, 1.54) is 16.8 Å². The Morgan fingerprint density at radius 2 is 2.04 bits per heavy atom. The van der Waals surface area contributed by atoms with Crippen LogP contribution in [0.25, 0.3) is 0 Å². The number of hydrogen-bond donors (Lipinski definition) is 1. The Morgan fingerprint density at radius 1 is 1.25 bits per heavy atom. The highest BCUT2D eigenvalue weighted by Gasteiger charge is 2.28. The molecule has 2 atom stereocenters. The van der Waals surface area contributed by atoms with Gasteiger partial charge < -0.3 is 14.2 Å². The van der Waals surface area contributed by atoms with Crippen molar-refractivity contribution in [1.29, 1.82) is 0 Å². The Morgan fingerprint density at radius 3 is 2.79 bits per heavy atom. The molecule has 1 aliphatic rings. The van der Waals surface area contributed by atoms with Gasteiger partial charge in [0.1, 0.15) is 18.6 Å². The van der Waals surface area contributed by atoms with Crippen molar-refractivity contribution in [1.82, 2.24) is 9.55 Å². The molecule has 1 N–H and O–H groups in total. The lowest BCUT2D eigenvalue weighted by Gasteiger charge is -2.16. The Labute approximate surface area is 142 Å². The van der Waals surface area contributed by atoms with E-state index in [1.807, 2.05) is 18.2 Å². The first-order valence-electron chi connectivity index (χ1n) is 7.48. The number of H-pyrrole nitrogens is 1. The average Bonchev–Trinajstić information content (AvgIpc) is 3.02. The molecule has 1 saturated heterocycles. The maximum atomic E-state index is 11.8. The molecule has 8 heteroatoms. The minimum Gasteiger partial charge on any atom is -0.454 e. The summed E-state index contributed by atoms with van der Waals surface area (Å²) in [6.07, 6.45) is 2.16. The van der Waals surface area contributed by atoms with Crippen LogP contribution in [0.5, 0.6) is 5.75 Å². The van der Waals surface area contributed by atoms with E-state index in [-0.39, 0.29) is 17.9 Å².